The van der Waals surface area contributed by atoms with Crippen molar-refractivity contribution >= 4 is 11.9 Å². The zero-order valence-electron chi connectivity index (χ0n) is 7.82. The summed E-state index contributed by atoms with van der Waals surface area (Å²) in [5, 5.41) is 0. The predicted molar refractivity (Wildman–Crippen MR) is 55.3 cm³/mol. The van der Waals surface area contributed by atoms with Crippen LogP contribution in [0.2, 0.25) is 0 Å². The number of aromatic nitrogens is 1. The molecule has 0 amide bonds. The van der Waals surface area contributed by atoms with Crippen LogP contribution >= 0.6 is 11.9 Å². The average molecular weight is 208 g/mol. The third-order valence-corrected chi connectivity index (χ3v) is 3.71. The highest BCUT2D eigenvalue weighted by molar-refractivity contribution is 7.97. The van der Waals surface area contributed by atoms with Crippen LogP contribution in [0.1, 0.15) is 19.3 Å². The van der Waals surface area contributed by atoms with E-state index in [4.69, 9.17) is 4.74 Å². The molecule has 0 radical (unpaired) electrons. The van der Waals surface area contributed by atoms with Gasteiger partial charge in [0.2, 0.25) is 5.88 Å². The molecule has 1 saturated carbocycles. The topological polar surface area (TPSA) is 34.2 Å². The molecule has 0 saturated heterocycles. The van der Waals surface area contributed by atoms with Crippen molar-refractivity contribution in [3.05, 3.63) is 18.3 Å². The maximum Gasteiger partial charge on any atom is 0.229 e. The monoisotopic (exact) mass is 208 g/mol. The Bertz CT molecular complexity index is 352. The van der Waals surface area contributed by atoms with E-state index in [2.05, 4.69) is 9.71 Å². The lowest BCUT2D eigenvalue weighted by atomic mass is 9.80. The second-order valence-electron chi connectivity index (χ2n) is 3.87. The van der Waals surface area contributed by atoms with Crippen molar-refractivity contribution in [2.45, 2.75) is 29.8 Å². The number of nitrogens with one attached hydrogen (secondary N) is 1. The molecule has 3 rings (SSSR count). The van der Waals surface area contributed by atoms with Gasteiger partial charge in [-0.3, -0.25) is 4.72 Å². The van der Waals surface area contributed by atoms with Gasteiger partial charge in [-0.1, -0.05) is 0 Å². The van der Waals surface area contributed by atoms with Crippen LogP contribution in [0.3, 0.4) is 0 Å². The summed E-state index contributed by atoms with van der Waals surface area (Å²) in [6, 6.07) is 3.98. The lowest BCUT2D eigenvalue weighted by Gasteiger charge is -2.40. The number of hydrogen-bond acceptors (Lipinski definition) is 4. The normalized spacial score (nSPS) is 23.1. The van der Waals surface area contributed by atoms with E-state index in [1.54, 1.807) is 18.1 Å². The van der Waals surface area contributed by atoms with Gasteiger partial charge >= 0.3 is 0 Å². The summed E-state index contributed by atoms with van der Waals surface area (Å²) in [4.78, 5) is 5.37. The van der Waals surface area contributed by atoms with Crippen molar-refractivity contribution in [1.82, 2.24) is 9.71 Å². The Morgan fingerprint density at radius 1 is 1.50 bits per heavy atom. The summed E-state index contributed by atoms with van der Waals surface area (Å²) in [5.74, 6) is 0.794. The second-order valence-corrected chi connectivity index (χ2v) is 4.80. The molecule has 1 fully saturated rings. The molecular weight excluding hydrogens is 196 g/mol. The standard InChI is InChI=1S/C10H12N2OS/c1-3-8-9(11-6-1)13-10(4-2-5-10)7-12-14-8/h1,3,6,12H,2,4-5,7H2. The van der Waals surface area contributed by atoms with Crippen molar-refractivity contribution in [3.8, 4) is 5.88 Å². The molecule has 1 aromatic heterocycles. The van der Waals surface area contributed by atoms with Gasteiger partial charge in [0.05, 0.1) is 4.90 Å². The van der Waals surface area contributed by atoms with Crippen LogP contribution in [0.25, 0.3) is 0 Å². The van der Waals surface area contributed by atoms with Gasteiger partial charge < -0.3 is 4.74 Å². The summed E-state index contributed by atoms with van der Waals surface area (Å²) in [6.07, 6.45) is 5.36. The molecule has 2 aliphatic rings. The van der Waals surface area contributed by atoms with E-state index < -0.39 is 0 Å². The Kier molecular flexibility index (Phi) is 1.92. The molecular formula is C10H12N2OS. The third-order valence-electron chi connectivity index (χ3n) is 2.89. The van der Waals surface area contributed by atoms with Gasteiger partial charge in [0.15, 0.2) is 0 Å². The van der Waals surface area contributed by atoms with Gasteiger partial charge in [0.1, 0.15) is 5.60 Å². The maximum absolute atomic E-state index is 5.99. The van der Waals surface area contributed by atoms with E-state index in [0.29, 0.717) is 0 Å². The van der Waals surface area contributed by atoms with Gasteiger partial charge in [0.25, 0.3) is 0 Å². The largest absolute Gasteiger partial charge is 0.469 e. The van der Waals surface area contributed by atoms with Crippen molar-refractivity contribution < 1.29 is 4.74 Å². The van der Waals surface area contributed by atoms with Crippen LogP contribution in [-0.2, 0) is 0 Å². The van der Waals surface area contributed by atoms with Crippen LogP contribution < -0.4 is 9.46 Å². The van der Waals surface area contributed by atoms with E-state index >= 15 is 0 Å². The number of ether oxygens (including phenoxy) is 1. The lowest BCUT2D eigenvalue weighted by molar-refractivity contribution is -0.00542. The SMILES string of the molecule is c1cnc2c(c1)SNCC1(CCC1)O2. The number of rotatable bonds is 0. The van der Waals surface area contributed by atoms with Crippen molar-refractivity contribution in [1.29, 1.82) is 0 Å². The van der Waals surface area contributed by atoms with E-state index in [0.717, 1.165) is 30.2 Å². The fourth-order valence-corrected chi connectivity index (χ4v) is 2.69. The van der Waals surface area contributed by atoms with Crippen LogP contribution in [0.15, 0.2) is 23.2 Å². The summed E-state index contributed by atoms with van der Waals surface area (Å²) in [6.45, 7) is 0.925. The highest BCUT2D eigenvalue weighted by Crippen LogP contribution is 2.40. The Balaban J connectivity index is 1.94. The molecule has 3 nitrogen and oxygen atoms in total. The molecule has 1 spiro atoms. The van der Waals surface area contributed by atoms with Gasteiger partial charge in [-0.15, -0.1) is 0 Å². The van der Waals surface area contributed by atoms with Gasteiger partial charge in [0, 0.05) is 12.7 Å². The molecule has 0 atom stereocenters. The number of fused-ring (bicyclic) bond motifs is 1. The Morgan fingerprint density at radius 2 is 2.43 bits per heavy atom. The van der Waals surface area contributed by atoms with E-state index in [1.165, 1.54) is 6.42 Å². The Morgan fingerprint density at radius 3 is 3.21 bits per heavy atom. The van der Waals surface area contributed by atoms with Crippen molar-refractivity contribution in [3.63, 3.8) is 0 Å². The fourth-order valence-electron chi connectivity index (χ4n) is 1.87. The van der Waals surface area contributed by atoms with Crippen molar-refractivity contribution in [2.75, 3.05) is 6.54 Å². The van der Waals surface area contributed by atoms with E-state index in [-0.39, 0.29) is 5.60 Å². The first-order valence-corrected chi connectivity index (χ1v) is 5.73. The van der Waals surface area contributed by atoms with Gasteiger partial charge in [-0.2, -0.15) is 0 Å². The lowest BCUT2D eigenvalue weighted by Crippen LogP contribution is -2.49. The Hall–Kier alpha value is -0.740. The summed E-state index contributed by atoms with van der Waals surface area (Å²) >= 11 is 1.62. The molecule has 4 heteroatoms. The number of hydrogen-bond donors (Lipinski definition) is 1. The molecule has 1 aliphatic carbocycles. The second kappa shape index (κ2) is 3.14. The molecule has 2 heterocycles. The minimum atomic E-state index is 0.0343. The number of nitrogens with zero attached hydrogens (tertiary/aromatic N) is 1. The van der Waals surface area contributed by atoms with E-state index in [9.17, 15) is 0 Å². The highest BCUT2D eigenvalue weighted by atomic mass is 32.2. The summed E-state index contributed by atoms with van der Waals surface area (Å²) in [7, 11) is 0. The molecule has 14 heavy (non-hydrogen) atoms. The number of pyridine rings is 1. The third kappa shape index (κ3) is 1.29. The van der Waals surface area contributed by atoms with Crippen molar-refractivity contribution in [2.24, 2.45) is 0 Å². The fraction of sp³-hybridized carbons (Fsp3) is 0.500. The van der Waals surface area contributed by atoms with Crippen LogP contribution in [0.4, 0.5) is 0 Å². The summed E-state index contributed by atoms with van der Waals surface area (Å²) < 4.78 is 9.33. The molecule has 0 bridgehead atoms. The molecule has 74 valence electrons. The molecule has 0 unspecified atom stereocenters. The average Bonchev–Trinajstić information content (AvgIpc) is 2.35. The first kappa shape index (κ1) is 8.56. The van der Waals surface area contributed by atoms with Gasteiger partial charge in [-0.25, -0.2) is 4.98 Å². The Labute approximate surface area is 87.4 Å². The summed E-state index contributed by atoms with van der Waals surface area (Å²) in [5.41, 5.74) is 0.0343. The first-order valence-electron chi connectivity index (χ1n) is 4.92. The van der Waals surface area contributed by atoms with E-state index in [1.807, 2.05) is 12.1 Å². The van der Waals surface area contributed by atoms with Crippen LogP contribution in [-0.4, -0.2) is 17.1 Å². The minimum absolute atomic E-state index is 0.0343. The highest BCUT2D eigenvalue weighted by Gasteiger charge is 2.41. The van der Waals surface area contributed by atoms with Crippen LogP contribution in [0, 0.1) is 0 Å². The maximum atomic E-state index is 5.99. The zero-order chi connectivity index (χ0) is 9.43. The molecule has 1 N–H and O–H groups in total. The molecule has 1 aliphatic heterocycles. The quantitative estimate of drug-likeness (QED) is 0.661. The smallest absolute Gasteiger partial charge is 0.229 e. The molecule has 0 aromatic carbocycles. The first-order chi connectivity index (χ1) is 6.88. The zero-order valence-corrected chi connectivity index (χ0v) is 8.64. The minimum Gasteiger partial charge on any atom is -0.469 e. The predicted octanol–water partition coefficient (Wildman–Crippen LogP) is 1.99. The molecule has 1 aromatic rings. The van der Waals surface area contributed by atoms with Gasteiger partial charge in [-0.05, 0) is 43.3 Å². The van der Waals surface area contributed by atoms with Crippen LogP contribution in [0.5, 0.6) is 5.88 Å².